The average Bonchev–Trinajstić information content (AvgIpc) is 2.79. The minimum atomic E-state index is 0.807. The summed E-state index contributed by atoms with van der Waals surface area (Å²) >= 11 is 12.6. The first kappa shape index (κ1) is 11.5. The summed E-state index contributed by atoms with van der Waals surface area (Å²) in [5.41, 5.74) is 0. The molecule has 0 fully saturated rings. The summed E-state index contributed by atoms with van der Waals surface area (Å²) in [6.45, 7) is 1.64. The van der Waals surface area contributed by atoms with E-state index in [0.717, 1.165) is 26.9 Å². The molecule has 0 unspecified atom stereocenters. The number of nitrogens with one attached hydrogen (secondary N) is 1. The van der Waals surface area contributed by atoms with Crippen molar-refractivity contribution in [3.63, 3.8) is 0 Å². The van der Waals surface area contributed by atoms with Crippen molar-refractivity contribution in [2.75, 3.05) is 0 Å². The first-order valence-electron chi connectivity index (χ1n) is 4.28. The highest BCUT2D eigenvalue weighted by atomic mass is 79.9. The van der Waals surface area contributed by atoms with Crippen molar-refractivity contribution >= 4 is 50.2 Å². The molecule has 2 nitrogen and oxygen atoms in total. The Morgan fingerprint density at radius 1 is 1.47 bits per heavy atom. The van der Waals surface area contributed by atoms with Crippen molar-refractivity contribution in [1.82, 2.24) is 10.3 Å². The smallest absolute Gasteiger partial charge is 0.107 e. The van der Waals surface area contributed by atoms with Crippen molar-refractivity contribution < 1.29 is 0 Å². The lowest BCUT2D eigenvalue weighted by Crippen LogP contribution is -2.11. The molecule has 15 heavy (non-hydrogen) atoms. The molecule has 80 valence electrons. The molecule has 0 atom stereocenters. The highest BCUT2D eigenvalue weighted by molar-refractivity contribution is 9.10. The Morgan fingerprint density at radius 3 is 2.93 bits per heavy atom. The molecule has 0 amide bonds. The maximum atomic E-state index is 5.94. The zero-order chi connectivity index (χ0) is 10.7. The lowest BCUT2D eigenvalue weighted by Gasteiger charge is -1.98. The maximum absolute atomic E-state index is 5.94. The van der Waals surface area contributed by atoms with E-state index in [0.29, 0.717) is 0 Å². The number of aromatic nitrogens is 1. The third-order valence-corrected chi connectivity index (χ3v) is 5.01. The van der Waals surface area contributed by atoms with Gasteiger partial charge in [-0.05, 0) is 22.0 Å². The van der Waals surface area contributed by atoms with Crippen LogP contribution in [0, 0.1) is 0 Å². The molecule has 0 aromatic carbocycles. The Labute approximate surface area is 109 Å². The van der Waals surface area contributed by atoms with Crippen LogP contribution in [0.4, 0.5) is 0 Å². The van der Waals surface area contributed by atoms with Gasteiger partial charge in [-0.25, -0.2) is 4.98 Å². The zero-order valence-electron chi connectivity index (χ0n) is 7.67. The summed E-state index contributed by atoms with van der Waals surface area (Å²) < 4.78 is 1.78. The molecule has 2 heterocycles. The Morgan fingerprint density at radius 2 is 2.33 bits per heavy atom. The molecular weight excluding hydrogens is 316 g/mol. The summed E-state index contributed by atoms with van der Waals surface area (Å²) in [6, 6.07) is 2.04. The lowest BCUT2D eigenvalue weighted by molar-refractivity contribution is 0.697. The molecule has 0 saturated carbocycles. The van der Waals surface area contributed by atoms with Crippen LogP contribution in [0.2, 0.25) is 4.34 Å². The number of nitrogens with zero attached hydrogens (tertiary/aromatic N) is 1. The first-order chi connectivity index (χ1) is 7.25. The number of hydrogen-bond acceptors (Lipinski definition) is 4. The Hall–Kier alpha value is 0.0600. The number of halogens is 2. The normalized spacial score (nSPS) is 10.8. The van der Waals surface area contributed by atoms with E-state index in [9.17, 15) is 0 Å². The van der Waals surface area contributed by atoms with Gasteiger partial charge in [-0.3, -0.25) is 0 Å². The number of hydrogen-bond donors (Lipinski definition) is 1. The van der Waals surface area contributed by atoms with Crippen molar-refractivity contribution in [3.05, 3.63) is 36.3 Å². The van der Waals surface area contributed by atoms with Crippen LogP contribution >= 0.6 is 50.2 Å². The third kappa shape index (κ3) is 3.26. The van der Waals surface area contributed by atoms with Gasteiger partial charge in [0.05, 0.1) is 0 Å². The van der Waals surface area contributed by atoms with Gasteiger partial charge in [-0.15, -0.1) is 22.7 Å². The Balaban J connectivity index is 1.83. The van der Waals surface area contributed by atoms with Crippen LogP contribution in [0.3, 0.4) is 0 Å². The minimum absolute atomic E-state index is 0.807. The van der Waals surface area contributed by atoms with Crippen molar-refractivity contribution in [3.8, 4) is 0 Å². The van der Waals surface area contributed by atoms with E-state index in [-0.39, 0.29) is 0 Å². The van der Waals surface area contributed by atoms with Crippen LogP contribution in [0.15, 0.2) is 22.1 Å². The van der Waals surface area contributed by atoms with Gasteiger partial charge < -0.3 is 5.32 Å². The van der Waals surface area contributed by atoms with Crippen LogP contribution in [-0.4, -0.2) is 4.98 Å². The van der Waals surface area contributed by atoms with Crippen LogP contribution < -0.4 is 5.32 Å². The van der Waals surface area contributed by atoms with Gasteiger partial charge in [0.15, 0.2) is 0 Å². The molecule has 1 N–H and O–H groups in total. The molecule has 2 rings (SSSR count). The van der Waals surface area contributed by atoms with E-state index in [1.54, 1.807) is 22.7 Å². The van der Waals surface area contributed by atoms with Gasteiger partial charge in [0.1, 0.15) is 9.34 Å². The molecule has 2 aromatic heterocycles. The second kappa shape index (κ2) is 5.41. The van der Waals surface area contributed by atoms with Crippen LogP contribution in [-0.2, 0) is 13.1 Å². The number of rotatable bonds is 4. The highest BCUT2D eigenvalue weighted by Gasteiger charge is 2.04. The van der Waals surface area contributed by atoms with Crippen molar-refractivity contribution in [1.29, 1.82) is 0 Å². The third-order valence-electron chi connectivity index (χ3n) is 1.76. The molecule has 0 saturated heterocycles. The molecule has 6 heteroatoms. The molecule has 2 aromatic rings. The van der Waals surface area contributed by atoms with Gasteiger partial charge in [0.2, 0.25) is 0 Å². The van der Waals surface area contributed by atoms with Gasteiger partial charge in [-0.1, -0.05) is 11.6 Å². The van der Waals surface area contributed by atoms with Crippen LogP contribution in [0.25, 0.3) is 0 Å². The predicted octanol–water partition coefficient (Wildman–Crippen LogP) is 3.91. The molecule has 0 aliphatic rings. The number of thiazole rings is 1. The Kier molecular flexibility index (Phi) is 4.16. The van der Waals surface area contributed by atoms with E-state index in [2.05, 4.69) is 26.2 Å². The SMILES string of the molecule is Clc1sc(CNCc2nccs2)cc1Br. The second-order valence-electron chi connectivity index (χ2n) is 2.86. The van der Waals surface area contributed by atoms with Crippen LogP contribution in [0.1, 0.15) is 9.88 Å². The fraction of sp³-hybridized carbons (Fsp3) is 0.222. The number of thiophene rings is 1. The lowest BCUT2D eigenvalue weighted by atomic mass is 10.4. The summed E-state index contributed by atoms with van der Waals surface area (Å²) in [7, 11) is 0. The van der Waals surface area contributed by atoms with Crippen molar-refractivity contribution in [2.24, 2.45) is 0 Å². The minimum Gasteiger partial charge on any atom is -0.306 e. The summed E-state index contributed by atoms with van der Waals surface area (Å²) in [5.74, 6) is 0. The van der Waals surface area contributed by atoms with E-state index in [4.69, 9.17) is 11.6 Å². The van der Waals surface area contributed by atoms with E-state index in [1.165, 1.54) is 4.88 Å². The average molecular weight is 324 g/mol. The van der Waals surface area contributed by atoms with Gasteiger partial charge >= 0.3 is 0 Å². The topological polar surface area (TPSA) is 24.9 Å². The van der Waals surface area contributed by atoms with Gasteiger partial charge in [0.25, 0.3) is 0 Å². The van der Waals surface area contributed by atoms with Crippen molar-refractivity contribution in [2.45, 2.75) is 13.1 Å². The quantitative estimate of drug-likeness (QED) is 0.922. The van der Waals surface area contributed by atoms with E-state index in [1.807, 2.05) is 17.6 Å². The standard InChI is InChI=1S/C9H8BrClN2S2/c10-7-3-6(15-9(7)11)4-12-5-8-13-1-2-14-8/h1-3,12H,4-5H2. The molecular formula is C9H8BrClN2S2. The summed E-state index contributed by atoms with van der Waals surface area (Å²) in [4.78, 5) is 5.42. The summed E-state index contributed by atoms with van der Waals surface area (Å²) in [6.07, 6.45) is 1.82. The fourth-order valence-corrected chi connectivity index (χ4v) is 3.46. The molecule has 0 aliphatic heterocycles. The predicted molar refractivity (Wildman–Crippen MR) is 69.7 cm³/mol. The van der Waals surface area contributed by atoms with Crippen LogP contribution in [0.5, 0.6) is 0 Å². The molecule has 0 aliphatic carbocycles. The maximum Gasteiger partial charge on any atom is 0.107 e. The largest absolute Gasteiger partial charge is 0.306 e. The fourth-order valence-electron chi connectivity index (χ4n) is 1.11. The summed E-state index contributed by atoms with van der Waals surface area (Å²) in [5, 5.41) is 6.41. The first-order valence-corrected chi connectivity index (χ1v) is 7.15. The zero-order valence-corrected chi connectivity index (χ0v) is 11.6. The molecule has 0 spiro atoms. The van der Waals surface area contributed by atoms with E-state index < -0.39 is 0 Å². The molecule has 0 radical (unpaired) electrons. The van der Waals surface area contributed by atoms with Gasteiger partial charge in [0, 0.05) is 34.0 Å². The Bertz CT molecular complexity index is 408. The monoisotopic (exact) mass is 322 g/mol. The van der Waals surface area contributed by atoms with E-state index >= 15 is 0 Å². The molecule has 0 bridgehead atoms. The second-order valence-corrected chi connectivity index (χ2v) is 6.44. The van der Waals surface area contributed by atoms with Gasteiger partial charge in [-0.2, -0.15) is 0 Å². The highest BCUT2D eigenvalue weighted by Crippen LogP contribution is 2.31.